The Morgan fingerprint density at radius 3 is 1.17 bits per heavy atom. The fraction of sp³-hybridized carbons (Fsp3) is 0.319. The van der Waals surface area contributed by atoms with Crippen LogP contribution < -0.4 is 0 Å². The zero-order valence-corrected chi connectivity index (χ0v) is 34.7. The number of hydrogen-bond donors (Lipinski definition) is 0. The van der Waals surface area contributed by atoms with Crippen molar-refractivity contribution in [3.63, 3.8) is 0 Å². The number of fused-ring (bicyclic) bond motifs is 2. The molecular formula is C47H56Hf. The molecule has 0 radical (unpaired) electrons. The Kier molecular flexibility index (Phi) is 13.2. The summed E-state index contributed by atoms with van der Waals surface area (Å²) in [6, 6.07) is 42.2. The Morgan fingerprint density at radius 1 is 0.500 bits per heavy atom. The van der Waals surface area contributed by atoms with Crippen LogP contribution in [-0.2, 0) is 31.3 Å². The average molecular weight is 799 g/mol. The predicted molar refractivity (Wildman–Crippen MR) is 211 cm³/mol. The van der Waals surface area contributed by atoms with Gasteiger partial charge in [-0.15, -0.1) is 69.1 Å². The molecule has 1 heteroatoms. The second-order valence-corrected chi connectivity index (χ2v) is 14.9. The van der Waals surface area contributed by atoms with Gasteiger partial charge in [-0.1, -0.05) is 127 Å². The smallest absolute Gasteiger partial charge is 0.358 e. The molecule has 0 spiro atoms. The molecular weight excluding hydrogens is 743 g/mol. The van der Waals surface area contributed by atoms with Gasteiger partial charge in [-0.25, -0.2) is 0 Å². The van der Waals surface area contributed by atoms with Crippen molar-refractivity contribution in [1.82, 2.24) is 0 Å². The maximum Gasteiger partial charge on any atom is 4.00 e. The first-order chi connectivity index (χ1) is 21.6. The normalized spacial score (nSPS) is 11.8. The maximum atomic E-state index is 2.54. The van der Waals surface area contributed by atoms with Crippen LogP contribution in [0.15, 0.2) is 109 Å². The van der Waals surface area contributed by atoms with Gasteiger partial charge in [-0.2, -0.15) is 12.1 Å². The van der Waals surface area contributed by atoms with E-state index in [1.165, 1.54) is 66.1 Å². The van der Waals surface area contributed by atoms with Crippen molar-refractivity contribution in [3.05, 3.63) is 146 Å². The molecule has 48 heavy (non-hydrogen) atoms. The standard InChI is InChI=1S/C45H50.2CH3.Hf/c1-29(2)27-45(28-30(3)4,39-23-37-11-9-13-41(43(37)25-39)35-19-15-33(16-20-35)31(5)6)40-24-38-12-10-14-42(44(38)26-40)36-21-17-34(18-22-36)32(7)8;;;/h9-26,29-32H,27-28H2,1-8H3;2*1H3;/q-2;2*-1;+4. The Balaban J connectivity index is 0.00000208. The minimum Gasteiger partial charge on any atom is -0.358 e. The maximum absolute atomic E-state index is 2.54. The first-order valence-corrected chi connectivity index (χ1v) is 17.2. The third-order valence-electron chi connectivity index (χ3n) is 9.90. The van der Waals surface area contributed by atoms with Crippen LogP contribution in [0.2, 0.25) is 0 Å². The summed E-state index contributed by atoms with van der Waals surface area (Å²) >= 11 is 0. The van der Waals surface area contributed by atoms with E-state index in [0.29, 0.717) is 23.7 Å². The molecule has 0 saturated heterocycles. The monoisotopic (exact) mass is 800 g/mol. The zero-order chi connectivity index (χ0) is 31.9. The fourth-order valence-corrected chi connectivity index (χ4v) is 7.74. The van der Waals surface area contributed by atoms with Crippen molar-refractivity contribution in [2.45, 2.75) is 85.5 Å². The second-order valence-electron chi connectivity index (χ2n) is 14.9. The number of benzene rings is 4. The van der Waals surface area contributed by atoms with E-state index in [2.05, 4.69) is 165 Å². The summed E-state index contributed by atoms with van der Waals surface area (Å²) in [7, 11) is 0. The molecule has 6 aromatic rings. The van der Waals surface area contributed by atoms with Gasteiger partial charge in [-0.3, -0.25) is 0 Å². The molecule has 6 rings (SSSR count). The van der Waals surface area contributed by atoms with E-state index in [9.17, 15) is 0 Å². The van der Waals surface area contributed by atoms with E-state index in [0.717, 1.165) is 12.8 Å². The molecule has 0 saturated carbocycles. The zero-order valence-electron chi connectivity index (χ0n) is 31.1. The van der Waals surface area contributed by atoms with Crippen LogP contribution in [-0.4, -0.2) is 0 Å². The molecule has 0 aliphatic carbocycles. The largest absolute Gasteiger partial charge is 4.00 e. The molecule has 0 unspecified atom stereocenters. The molecule has 0 amide bonds. The quantitative estimate of drug-likeness (QED) is 0.0956. The second kappa shape index (κ2) is 16.1. The van der Waals surface area contributed by atoms with E-state index in [1.807, 2.05) is 0 Å². The van der Waals surface area contributed by atoms with Crippen molar-refractivity contribution in [2.75, 3.05) is 0 Å². The molecule has 0 aromatic heterocycles. The Hall–Kier alpha value is -3.03. The van der Waals surface area contributed by atoms with Crippen molar-refractivity contribution in [1.29, 1.82) is 0 Å². The van der Waals surface area contributed by atoms with E-state index >= 15 is 0 Å². The topological polar surface area (TPSA) is 0 Å². The van der Waals surface area contributed by atoms with Gasteiger partial charge in [0, 0.05) is 0 Å². The van der Waals surface area contributed by atoms with Crippen molar-refractivity contribution in [3.8, 4) is 22.3 Å². The summed E-state index contributed by atoms with van der Waals surface area (Å²) in [6.45, 7) is 18.6. The van der Waals surface area contributed by atoms with Gasteiger partial charge in [0.1, 0.15) is 0 Å². The Bertz CT molecular complexity index is 1750. The Morgan fingerprint density at radius 2 is 0.854 bits per heavy atom. The van der Waals surface area contributed by atoms with Gasteiger partial charge < -0.3 is 14.9 Å². The van der Waals surface area contributed by atoms with Crippen LogP contribution in [0.5, 0.6) is 0 Å². The predicted octanol–water partition coefficient (Wildman–Crippen LogP) is 14.3. The van der Waals surface area contributed by atoms with Crippen LogP contribution in [0.1, 0.15) is 102 Å². The molecule has 248 valence electrons. The number of rotatable bonds is 10. The average Bonchev–Trinajstić information content (AvgIpc) is 3.66. The molecule has 0 N–H and O–H groups in total. The van der Waals surface area contributed by atoms with Crippen LogP contribution in [0.4, 0.5) is 0 Å². The van der Waals surface area contributed by atoms with Gasteiger partial charge in [0.2, 0.25) is 0 Å². The Labute approximate surface area is 311 Å². The van der Waals surface area contributed by atoms with Crippen LogP contribution in [0.3, 0.4) is 0 Å². The summed E-state index contributed by atoms with van der Waals surface area (Å²) in [5, 5.41) is 5.41. The van der Waals surface area contributed by atoms with Crippen molar-refractivity contribution >= 4 is 21.5 Å². The van der Waals surface area contributed by atoms with Crippen LogP contribution >= 0.6 is 0 Å². The molecule has 0 heterocycles. The van der Waals surface area contributed by atoms with Gasteiger partial charge in [0.15, 0.2) is 0 Å². The van der Waals surface area contributed by atoms with E-state index in [1.54, 1.807) is 0 Å². The van der Waals surface area contributed by atoms with E-state index in [4.69, 9.17) is 0 Å². The molecule has 0 aliphatic heterocycles. The van der Waals surface area contributed by atoms with Crippen molar-refractivity contribution in [2.24, 2.45) is 11.8 Å². The van der Waals surface area contributed by atoms with E-state index in [-0.39, 0.29) is 46.1 Å². The number of hydrogen-bond acceptors (Lipinski definition) is 0. The van der Waals surface area contributed by atoms with Crippen molar-refractivity contribution < 1.29 is 25.8 Å². The summed E-state index contributed by atoms with van der Waals surface area (Å²) in [6.07, 6.45) is 2.24. The third-order valence-corrected chi connectivity index (χ3v) is 9.90. The van der Waals surface area contributed by atoms with Gasteiger partial charge >= 0.3 is 25.8 Å². The van der Waals surface area contributed by atoms with Gasteiger partial charge in [0.25, 0.3) is 0 Å². The van der Waals surface area contributed by atoms with Gasteiger partial charge in [0.05, 0.1) is 0 Å². The minimum atomic E-state index is -0.0715. The van der Waals surface area contributed by atoms with E-state index < -0.39 is 0 Å². The van der Waals surface area contributed by atoms with Crippen LogP contribution in [0.25, 0.3) is 43.8 Å². The van der Waals surface area contributed by atoms with Gasteiger partial charge in [-0.05, 0) is 64.2 Å². The molecule has 0 fully saturated rings. The summed E-state index contributed by atoms with van der Waals surface area (Å²) in [5.41, 5.74) is 10.9. The summed E-state index contributed by atoms with van der Waals surface area (Å²) in [4.78, 5) is 0. The fourth-order valence-electron chi connectivity index (χ4n) is 7.74. The SMILES string of the molecule is CC(C)CC(CC(C)C)(c1cc2c(-c3ccc(C(C)C)cc3)cccc2[cH-]1)c1cc2c(-c3ccc(C(C)C)cc3)cccc2[cH-]1.[CH3-].[CH3-].[Hf+4]. The molecule has 0 aliphatic rings. The first-order valence-electron chi connectivity index (χ1n) is 17.2. The molecule has 6 aromatic carbocycles. The minimum absolute atomic E-state index is 0. The van der Waals surface area contributed by atoms with Crippen LogP contribution in [0, 0.1) is 26.7 Å². The first kappa shape index (κ1) is 39.4. The molecule has 0 nitrogen and oxygen atoms in total. The molecule has 0 bridgehead atoms. The summed E-state index contributed by atoms with van der Waals surface area (Å²) in [5.74, 6) is 2.19. The third kappa shape index (κ3) is 7.73. The summed E-state index contributed by atoms with van der Waals surface area (Å²) < 4.78 is 0. The molecule has 0 atom stereocenters.